The number of hydrogen-bond acceptors (Lipinski definition) is 7. The lowest BCUT2D eigenvalue weighted by atomic mass is 9.83. The predicted octanol–water partition coefficient (Wildman–Crippen LogP) is 4.08. The van der Waals surface area contributed by atoms with Gasteiger partial charge in [0.25, 0.3) is 15.9 Å². The van der Waals surface area contributed by atoms with Crippen LogP contribution in [-0.4, -0.2) is 50.7 Å². The fraction of sp³-hybridized carbons (Fsp3) is 0.556. The van der Waals surface area contributed by atoms with Crippen LogP contribution in [0.5, 0.6) is 5.75 Å². The van der Waals surface area contributed by atoms with E-state index in [0.717, 1.165) is 24.0 Å². The molecule has 2 aromatic rings. The first kappa shape index (κ1) is 25.0. The van der Waals surface area contributed by atoms with Crippen LogP contribution >= 0.6 is 0 Å². The molecule has 1 unspecified atom stereocenters. The number of pyridine rings is 1. The highest BCUT2D eigenvalue weighted by molar-refractivity contribution is 7.90. The number of carbonyl (C=O) groups excluding carboxylic acids is 1. The maximum absolute atomic E-state index is 13.3. The van der Waals surface area contributed by atoms with Crippen molar-refractivity contribution in [2.45, 2.75) is 81.4 Å². The summed E-state index contributed by atoms with van der Waals surface area (Å²) in [5.74, 6) is 1.03. The Morgan fingerprint density at radius 1 is 1.17 bits per heavy atom. The zero-order valence-corrected chi connectivity index (χ0v) is 21.9. The Hall–Kier alpha value is -2.65. The summed E-state index contributed by atoms with van der Waals surface area (Å²) in [4.78, 5) is 19.6. The highest BCUT2D eigenvalue weighted by Gasteiger charge is 2.54. The number of hydrogen-bond donors (Lipinski definition) is 1. The Morgan fingerprint density at radius 2 is 1.94 bits per heavy atom. The van der Waals surface area contributed by atoms with E-state index in [1.165, 1.54) is 25.3 Å². The van der Waals surface area contributed by atoms with Crippen molar-refractivity contribution in [3.63, 3.8) is 0 Å². The van der Waals surface area contributed by atoms with Crippen LogP contribution in [0.2, 0.25) is 0 Å². The van der Waals surface area contributed by atoms with E-state index in [1.807, 2.05) is 24.8 Å². The molecular formula is C27H35N3O5S. The second-order valence-corrected chi connectivity index (χ2v) is 12.0. The average Bonchev–Trinajstić information content (AvgIpc) is 3.65. The van der Waals surface area contributed by atoms with Gasteiger partial charge in [0, 0.05) is 25.9 Å². The monoisotopic (exact) mass is 513 g/mol. The van der Waals surface area contributed by atoms with Gasteiger partial charge in [0.15, 0.2) is 10.6 Å². The van der Waals surface area contributed by atoms with Crippen molar-refractivity contribution in [1.29, 1.82) is 0 Å². The second kappa shape index (κ2) is 10.0. The summed E-state index contributed by atoms with van der Waals surface area (Å²) < 4.78 is 40.4. The lowest BCUT2D eigenvalue weighted by molar-refractivity contribution is -0.128. The summed E-state index contributed by atoms with van der Waals surface area (Å²) in [6.07, 6.45) is 6.84. The van der Waals surface area contributed by atoms with Crippen LogP contribution in [0.4, 0.5) is 5.82 Å². The second-order valence-electron chi connectivity index (χ2n) is 10.4. The Labute approximate surface area is 213 Å². The molecule has 0 spiro atoms. The molecule has 1 amide bonds. The van der Waals surface area contributed by atoms with Gasteiger partial charge in [0.1, 0.15) is 11.6 Å². The number of benzene rings is 1. The number of morpholine rings is 1. The standard InChI is InChI=1S/C27H35N3O5S/c1-19-11-12-22(21-7-4-3-5-8-21)23(17-19)35-27(13-14-27)26(31)29-36(32,33)25-10-6-9-24(28-25)30-15-16-34-20(2)18-30/h6,9-12,17,20-21H,3-5,7-8,13-16,18H2,1-2H3,(H,29,31). The molecular weight excluding hydrogens is 478 g/mol. The van der Waals surface area contributed by atoms with Gasteiger partial charge in [0.05, 0.1) is 12.7 Å². The Balaban J connectivity index is 1.32. The van der Waals surface area contributed by atoms with Crippen LogP contribution in [0.1, 0.15) is 68.9 Å². The van der Waals surface area contributed by atoms with Gasteiger partial charge in [-0.2, -0.15) is 8.42 Å². The molecule has 1 saturated heterocycles. The number of anilines is 1. The van der Waals surface area contributed by atoms with E-state index in [0.29, 0.717) is 50.0 Å². The molecule has 3 fully saturated rings. The molecule has 1 aromatic heterocycles. The maximum Gasteiger partial charge on any atom is 0.281 e. The van der Waals surface area contributed by atoms with Crippen molar-refractivity contribution in [2.75, 3.05) is 24.6 Å². The smallest absolute Gasteiger partial charge is 0.281 e. The van der Waals surface area contributed by atoms with E-state index in [-0.39, 0.29) is 11.1 Å². The van der Waals surface area contributed by atoms with E-state index in [9.17, 15) is 13.2 Å². The third kappa shape index (κ3) is 5.37. The number of rotatable bonds is 7. The minimum Gasteiger partial charge on any atom is -0.477 e. The molecule has 9 heteroatoms. The molecule has 1 aromatic carbocycles. The minimum absolute atomic E-state index is 0.0347. The molecule has 5 rings (SSSR count). The molecule has 3 aliphatic rings. The maximum atomic E-state index is 13.3. The van der Waals surface area contributed by atoms with Gasteiger partial charge >= 0.3 is 0 Å². The van der Waals surface area contributed by atoms with Crippen LogP contribution in [0.25, 0.3) is 0 Å². The van der Waals surface area contributed by atoms with Gasteiger partial charge in [0.2, 0.25) is 0 Å². The largest absolute Gasteiger partial charge is 0.477 e. The molecule has 2 saturated carbocycles. The molecule has 2 heterocycles. The fourth-order valence-electron chi connectivity index (χ4n) is 5.20. The normalized spacial score (nSPS) is 22.2. The Morgan fingerprint density at radius 3 is 2.67 bits per heavy atom. The lowest BCUT2D eigenvalue weighted by Crippen LogP contribution is -2.44. The number of carbonyl (C=O) groups is 1. The molecule has 194 valence electrons. The summed E-state index contributed by atoms with van der Waals surface area (Å²) >= 11 is 0. The van der Waals surface area contributed by atoms with E-state index in [2.05, 4.69) is 21.8 Å². The lowest BCUT2D eigenvalue weighted by Gasteiger charge is -2.32. The van der Waals surface area contributed by atoms with Crippen molar-refractivity contribution < 1.29 is 22.7 Å². The highest BCUT2D eigenvalue weighted by Crippen LogP contribution is 2.45. The third-order valence-corrected chi connectivity index (χ3v) is 8.65. The third-order valence-electron chi connectivity index (χ3n) is 7.41. The number of nitrogens with zero attached hydrogens (tertiary/aromatic N) is 2. The summed E-state index contributed by atoms with van der Waals surface area (Å²) in [5, 5.41) is -0.179. The van der Waals surface area contributed by atoms with Gasteiger partial charge in [-0.05, 0) is 61.9 Å². The SMILES string of the molecule is Cc1ccc(C2CCCCC2)c(OC2(C(=O)NS(=O)(=O)c3cccc(N4CCOC(C)C4)n3)CC2)c1. The first-order valence-corrected chi connectivity index (χ1v) is 14.4. The zero-order valence-electron chi connectivity index (χ0n) is 21.0. The van der Waals surface area contributed by atoms with Gasteiger partial charge in [-0.25, -0.2) is 9.71 Å². The first-order valence-electron chi connectivity index (χ1n) is 13.0. The van der Waals surface area contributed by atoms with Gasteiger partial charge < -0.3 is 14.4 Å². The molecule has 0 bridgehead atoms. The zero-order chi connectivity index (χ0) is 25.3. The van der Waals surface area contributed by atoms with Crippen molar-refractivity contribution in [3.05, 3.63) is 47.5 Å². The first-order chi connectivity index (χ1) is 17.3. The molecule has 0 radical (unpaired) electrons. The van der Waals surface area contributed by atoms with E-state index >= 15 is 0 Å². The topological polar surface area (TPSA) is 97.8 Å². The quantitative estimate of drug-likeness (QED) is 0.596. The summed E-state index contributed by atoms with van der Waals surface area (Å²) in [7, 11) is -4.16. The van der Waals surface area contributed by atoms with Crippen LogP contribution in [0, 0.1) is 6.92 Å². The minimum atomic E-state index is -4.16. The molecule has 2 aliphatic carbocycles. The predicted molar refractivity (Wildman–Crippen MR) is 137 cm³/mol. The van der Waals surface area contributed by atoms with E-state index in [1.54, 1.807) is 12.1 Å². The summed E-state index contributed by atoms with van der Waals surface area (Å²) in [6, 6.07) is 11.0. The fourth-order valence-corrected chi connectivity index (χ4v) is 6.21. The Bertz CT molecular complexity index is 1220. The van der Waals surface area contributed by atoms with E-state index < -0.39 is 21.5 Å². The van der Waals surface area contributed by atoms with Gasteiger partial charge in [-0.15, -0.1) is 0 Å². The highest BCUT2D eigenvalue weighted by atomic mass is 32.2. The molecule has 1 aliphatic heterocycles. The molecule has 1 atom stereocenters. The van der Waals surface area contributed by atoms with Crippen molar-refractivity contribution in [1.82, 2.24) is 9.71 Å². The van der Waals surface area contributed by atoms with Crippen molar-refractivity contribution >= 4 is 21.7 Å². The molecule has 36 heavy (non-hydrogen) atoms. The van der Waals surface area contributed by atoms with Crippen LogP contribution in [0.3, 0.4) is 0 Å². The van der Waals surface area contributed by atoms with Crippen LogP contribution < -0.4 is 14.4 Å². The van der Waals surface area contributed by atoms with Crippen molar-refractivity contribution in [2.24, 2.45) is 0 Å². The number of aryl methyl sites for hydroxylation is 1. The number of amides is 1. The number of aromatic nitrogens is 1. The number of sulfonamides is 1. The average molecular weight is 514 g/mol. The Kier molecular flexibility index (Phi) is 6.96. The van der Waals surface area contributed by atoms with Gasteiger partial charge in [-0.1, -0.05) is 37.5 Å². The molecule has 8 nitrogen and oxygen atoms in total. The summed E-state index contributed by atoms with van der Waals surface area (Å²) in [6.45, 7) is 5.77. The van der Waals surface area contributed by atoms with Gasteiger partial charge in [-0.3, -0.25) is 4.79 Å². The van der Waals surface area contributed by atoms with Crippen molar-refractivity contribution in [3.8, 4) is 5.75 Å². The number of ether oxygens (including phenoxy) is 2. The molecule has 1 N–H and O–H groups in total. The summed E-state index contributed by atoms with van der Waals surface area (Å²) in [5.41, 5.74) is 1.00. The van der Waals surface area contributed by atoms with Crippen LogP contribution in [0.15, 0.2) is 41.4 Å². The number of nitrogens with one attached hydrogen (secondary N) is 1. The van der Waals surface area contributed by atoms with Crippen LogP contribution in [-0.2, 0) is 19.6 Å². The van der Waals surface area contributed by atoms with E-state index in [4.69, 9.17) is 9.47 Å².